The summed E-state index contributed by atoms with van der Waals surface area (Å²) in [6, 6.07) is 10.3. The number of hydrogen-bond donors (Lipinski definition) is 2. The Morgan fingerprint density at radius 1 is 1.06 bits per heavy atom. The quantitative estimate of drug-likeness (QED) is 0.632. The Morgan fingerprint density at radius 3 is 2.39 bits per heavy atom. The van der Waals surface area contributed by atoms with E-state index in [-0.39, 0.29) is 23.8 Å². The molecule has 0 spiro atoms. The summed E-state index contributed by atoms with van der Waals surface area (Å²) in [5.74, 6) is 2.49. The molecular weight excluding hydrogens is 392 g/mol. The van der Waals surface area contributed by atoms with Crippen molar-refractivity contribution in [2.75, 3.05) is 32.0 Å². The van der Waals surface area contributed by atoms with Crippen molar-refractivity contribution in [1.29, 1.82) is 0 Å². The molecule has 1 aliphatic heterocycles. The average molecular weight is 423 g/mol. The van der Waals surface area contributed by atoms with Crippen molar-refractivity contribution in [3.63, 3.8) is 0 Å². The number of anilines is 2. The maximum absolute atomic E-state index is 12.1. The molecule has 0 radical (unpaired) electrons. The zero-order valence-electron chi connectivity index (χ0n) is 18.7. The third-order valence-electron chi connectivity index (χ3n) is 6.20. The summed E-state index contributed by atoms with van der Waals surface area (Å²) in [6.45, 7) is 3.79. The first-order valence-electron chi connectivity index (χ1n) is 10.6. The van der Waals surface area contributed by atoms with E-state index in [2.05, 4.69) is 34.9 Å². The van der Waals surface area contributed by atoms with Crippen molar-refractivity contribution in [2.24, 2.45) is 11.8 Å². The maximum Gasteiger partial charge on any atom is 0.226 e. The molecule has 0 saturated carbocycles. The fourth-order valence-corrected chi connectivity index (χ4v) is 4.57. The number of nitrogens with one attached hydrogen (secondary N) is 2. The average Bonchev–Trinajstić information content (AvgIpc) is 3.27. The summed E-state index contributed by atoms with van der Waals surface area (Å²) in [7, 11) is 4.89. The third kappa shape index (κ3) is 3.82. The first kappa shape index (κ1) is 21.1. The number of amides is 1. The highest BCUT2D eigenvalue weighted by Gasteiger charge is 2.38. The zero-order valence-corrected chi connectivity index (χ0v) is 18.7. The van der Waals surface area contributed by atoms with Crippen LogP contribution in [-0.4, -0.2) is 27.2 Å². The van der Waals surface area contributed by atoms with Crippen LogP contribution in [0.2, 0.25) is 0 Å². The molecule has 2 aliphatic rings. The lowest BCUT2D eigenvalue weighted by Gasteiger charge is -2.38. The van der Waals surface area contributed by atoms with E-state index in [4.69, 9.17) is 14.2 Å². The van der Waals surface area contributed by atoms with Crippen molar-refractivity contribution in [3.8, 4) is 17.2 Å². The van der Waals surface area contributed by atoms with Crippen LogP contribution in [0.4, 0.5) is 11.4 Å². The number of fused-ring (bicyclic) bond motifs is 3. The number of hydrogen-bond acceptors (Lipinski definition) is 5. The molecule has 2 aromatic rings. The van der Waals surface area contributed by atoms with Crippen LogP contribution in [0.5, 0.6) is 17.2 Å². The standard InChI is InChI=1S/C25H30N2O4/c1-14(2)25(28)26-16-9-10-20-19(13-16)17-7-6-8-18(17)23(27-20)15-11-21(29-3)24(31-5)22(12-15)30-4/h6-7,9-14,17-18,23,27H,8H2,1-5H3,(H,26,28). The van der Waals surface area contributed by atoms with Gasteiger partial charge in [0.2, 0.25) is 11.7 Å². The number of ether oxygens (including phenoxy) is 3. The summed E-state index contributed by atoms with van der Waals surface area (Å²) in [5.41, 5.74) is 4.22. The molecule has 1 amide bonds. The summed E-state index contributed by atoms with van der Waals surface area (Å²) in [5, 5.41) is 6.74. The molecule has 0 bridgehead atoms. The van der Waals surface area contributed by atoms with Crippen LogP contribution in [0.1, 0.15) is 43.4 Å². The molecule has 1 heterocycles. The first-order chi connectivity index (χ1) is 15.0. The smallest absolute Gasteiger partial charge is 0.226 e. The summed E-state index contributed by atoms with van der Waals surface area (Å²) in [4.78, 5) is 12.1. The van der Waals surface area contributed by atoms with Crippen LogP contribution in [-0.2, 0) is 4.79 Å². The van der Waals surface area contributed by atoms with Gasteiger partial charge in [-0.25, -0.2) is 0 Å². The van der Waals surface area contributed by atoms with Gasteiger partial charge in [-0.1, -0.05) is 26.0 Å². The fourth-order valence-electron chi connectivity index (χ4n) is 4.57. The molecule has 2 N–H and O–H groups in total. The van der Waals surface area contributed by atoms with Crippen molar-refractivity contribution >= 4 is 17.3 Å². The molecular formula is C25H30N2O4. The van der Waals surface area contributed by atoms with E-state index < -0.39 is 0 Å². The largest absolute Gasteiger partial charge is 0.493 e. The Labute approximate surface area is 183 Å². The van der Waals surface area contributed by atoms with Crippen LogP contribution in [0.25, 0.3) is 0 Å². The Kier molecular flexibility index (Phi) is 5.81. The molecule has 0 saturated heterocycles. The van der Waals surface area contributed by atoms with Gasteiger partial charge in [-0.2, -0.15) is 0 Å². The van der Waals surface area contributed by atoms with E-state index >= 15 is 0 Å². The molecule has 2 aromatic carbocycles. The predicted octanol–water partition coefficient (Wildman–Crippen LogP) is 5.13. The minimum Gasteiger partial charge on any atom is -0.493 e. The van der Waals surface area contributed by atoms with Crippen LogP contribution in [0.3, 0.4) is 0 Å². The van der Waals surface area contributed by atoms with Gasteiger partial charge in [0, 0.05) is 23.2 Å². The zero-order chi connectivity index (χ0) is 22.1. The SMILES string of the molecule is COc1cc(C2Nc3ccc(NC(=O)C(C)C)cc3C3C=CCC32)cc(OC)c1OC. The van der Waals surface area contributed by atoms with Crippen molar-refractivity contribution in [2.45, 2.75) is 32.2 Å². The molecule has 31 heavy (non-hydrogen) atoms. The lowest BCUT2D eigenvalue weighted by atomic mass is 9.77. The fraction of sp³-hybridized carbons (Fsp3) is 0.400. The highest BCUT2D eigenvalue weighted by molar-refractivity contribution is 5.92. The predicted molar refractivity (Wildman–Crippen MR) is 122 cm³/mol. The third-order valence-corrected chi connectivity index (χ3v) is 6.20. The molecule has 6 heteroatoms. The second kappa shape index (κ2) is 8.53. The number of allylic oxidation sites excluding steroid dienone is 2. The normalized spacial score (nSPS) is 21.2. The Hall–Kier alpha value is -3.15. The first-order valence-corrected chi connectivity index (χ1v) is 10.6. The number of carbonyl (C=O) groups excluding carboxylic acids is 1. The summed E-state index contributed by atoms with van der Waals surface area (Å²) >= 11 is 0. The molecule has 3 atom stereocenters. The van der Waals surface area contributed by atoms with Gasteiger partial charge in [0.05, 0.1) is 27.4 Å². The van der Waals surface area contributed by atoms with Gasteiger partial charge in [-0.05, 0) is 53.8 Å². The number of methoxy groups -OCH3 is 3. The Balaban J connectivity index is 1.71. The van der Waals surface area contributed by atoms with E-state index in [1.54, 1.807) is 21.3 Å². The molecule has 4 rings (SSSR count). The van der Waals surface area contributed by atoms with Gasteiger partial charge in [0.25, 0.3) is 0 Å². The van der Waals surface area contributed by atoms with Gasteiger partial charge in [0.15, 0.2) is 11.5 Å². The lowest BCUT2D eigenvalue weighted by Crippen LogP contribution is -2.29. The Morgan fingerprint density at radius 2 is 1.77 bits per heavy atom. The summed E-state index contributed by atoms with van der Waals surface area (Å²) < 4.78 is 16.6. The second-order valence-corrected chi connectivity index (χ2v) is 8.38. The molecule has 0 aromatic heterocycles. The highest BCUT2D eigenvalue weighted by atomic mass is 16.5. The molecule has 3 unspecified atom stereocenters. The van der Waals surface area contributed by atoms with Gasteiger partial charge in [-0.3, -0.25) is 4.79 Å². The van der Waals surface area contributed by atoms with E-state index in [0.29, 0.717) is 23.2 Å². The number of rotatable bonds is 6. The van der Waals surface area contributed by atoms with E-state index in [1.807, 2.05) is 32.0 Å². The minimum absolute atomic E-state index is 0.0255. The molecule has 1 aliphatic carbocycles. The van der Waals surface area contributed by atoms with Crippen molar-refractivity contribution in [3.05, 3.63) is 53.6 Å². The highest BCUT2D eigenvalue weighted by Crippen LogP contribution is 2.52. The van der Waals surface area contributed by atoms with Crippen LogP contribution < -0.4 is 24.8 Å². The van der Waals surface area contributed by atoms with Gasteiger partial charge in [-0.15, -0.1) is 0 Å². The van der Waals surface area contributed by atoms with Crippen molar-refractivity contribution in [1.82, 2.24) is 0 Å². The second-order valence-electron chi connectivity index (χ2n) is 8.38. The van der Waals surface area contributed by atoms with Crippen LogP contribution >= 0.6 is 0 Å². The molecule has 164 valence electrons. The number of carbonyl (C=O) groups is 1. The summed E-state index contributed by atoms with van der Waals surface area (Å²) in [6.07, 6.45) is 5.50. The van der Waals surface area contributed by atoms with Crippen LogP contribution in [0, 0.1) is 11.8 Å². The van der Waals surface area contributed by atoms with Crippen LogP contribution in [0.15, 0.2) is 42.5 Å². The van der Waals surface area contributed by atoms with Gasteiger partial charge >= 0.3 is 0 Å². The van der Waals surface area contributed by atoms with Gasteiger partial charge in [0.1, 0.15) is 0 Å². The Bertz CT molecular complexity index is 990. The minimum atomic E-state index is -0.0577. The lowest BCUT2D eigenvalue weighted by molar-refractivity contribution is -0.118. The van der Waals surface area contributed by atoms with Crippen molar-refractivity contribution < 1.29 is 19.0 Å². The maximum atomic E-state index is 12.1. The van der Waals surface area contributed by atoms with E-state index in [1.165, 1.54) is 5.56 Å². The van der Waals surface area contributed by atoms with E-state index in [9.17, 15) is 4.79 Å². The molecule has 6 nitrogen and oxygen atoms in total. The topological polar surface area (TPSA) is 68.8 Å². The monoisotopic (exact) mass is 422 g/mol. The van der Waals surface area contributed by atoms with E-state index in [0.717, 1.165) is 23.4 Å². The molecule has 0 fully saturated rings. The number of benzene rings is 2. The van der Waals surface area contributed by atoms with Gasteiger partial charge < -0.3 is 24.8 Å².